The minimum atomic E-state index is -0.843. The second-order valence-electron chi connectivity index (χ2n) is 7.24. The monoisotopic (exact) mass is 360 g/mol. The molecule has 1 aliphatic carbocycles. The van der Waals surface area contributed by atoms with Crippen LogP contribution in [0.15, 0.2) is 47.1 Å². The number of allylic oxidation sites excluding steroid dienone is 4. The Morgan fingerprint density at radius 1 is 1.08 bits per heavy atom. The number of carboxylic acid groups (broad SMARTS) is 1. The molecule has 0 spiro atoms. The molecule has 0 aromatic heterocycles. The van der Waals surface area contributed by atoms with Crippen LogP contribution in [0.3, 0.4) is 0 Å². The zero-order valence-electron chi connectivity index (χ0n) is 16.5. The minimum absolute atomic E-state index is 0.0743. The summed E-state index contributed by atoms with van der Waals surface area (Å²) in [4.78, 5) is 23.0. The van der Waals surface area contributed by atoms with Crippen LogP contribution in [0.25, 0.3) is 0 Å². The SMILES string of the molecule is C=C(C)C1CCC(C)=CCCC(C(=O)O)=CCCC(C)=CC1OC(C)=O. The second kappa shape index (κ2) is 10.8. The lowest BCUT2D eigenvalue weighted by atomic mass is 9.87. The molecule has 2 atom stereocenters. The van der Waals surface area contributed by atoms with E-state index in [1.165, 1.54) is 12.5 Å². The Morgan fingerprint density at radius 2 is 1.73 bits per heavy atom. The number of aliphatic carboxylic acids is 1. The second-order valence-corrected chi connectivity index (χ2v) is 7.24. The zero-order valence-corrected chi connectivity index (χ0v) is 16.5. The molecule has 1 aliphatic rings. The predicted octanol–water partition coefficient (Wildman–Crippen LogP) is 5.37. The maximum Gasteiger partial charge on any atom is 0.331 e. The highest BCUT2D eigenvalue weighted by Gasteiger charge is 2.23. The smallest absolute Gasteiger partial charge is 0.331 e. The summed E-state index contributed by atoms with van der Waals surface area (Å²) in [5.41, 5.74) is 3.79. The Morgan fingerprint density at radius 3 is 2.31 bits per heavy atom. The van der Waals surface area contributed by atoms with Crippen molar-refractivity contribution in [2.24, 2.45) is 5.92 Å². The third-order valence-corrected chi connectivity index (χ3v) is 4.74. The van der Waals surface area contributed by atoms with Crippen molar-refractivity contribution in [1.82, 2.24) is 0 Å². The van der Waals surface area contributed by atoms with Crippen molar-refractivity contribution >= 4 is 11.9 Å². The molecule has 4 heteroatoms. The summed E-state index contributed by atoms with van der Waals surface area (Å²) in [6.07, 6.45) is 9.99. The summed E-state index contributed by atoms with van der Waals surface area (Å²) in [6.45, 7) is 11.6. The van der Waals surface area contributed by atoms with Gasteiger partial charge in [-0.2, -0.15) is 0 Å². The van der Waals surface area contributed by atoms with Crippen LogP contribution in [0.1, 0.15) is 66.2 Å². The molecule has 0 radical (unpaired) electrons. The fourth-order valence-electron chi connectivity index (χ4n) is 3.21. The summed E-state index contributed by atoms with van der Waals surface area (Å²) in [5, 5.41) is 9.34. The lowest BCUT2D eigenvalue weighted by Crippen LogP contribution is -2.25. The van der Waals surface area contributed by atoms with E-state index in [0.717, 1.165) is 36.8 Å². The Labute approximate surface area is 157 Å². The third-order valence-electron chi connectivity index (χ3n) is 4.74. The molecule has 1 N–H and O–H groups in total. The Bertz CT molecular complexity index is 622. The van der Waals surface area contributed by atoms with Gasteiger partial charge in [0.2, 0.25) is 0 Å². The van der Waals surface area contributed by atoms with Crippen molar-refractivity contribution < 1.29 is 19.4 Å². The van der Waals surface area contributed by atoms with Crippen LogP contribution >= 0.6 is 0 Å². The van der Waals surface area contributed by atoms with Crippen molar-refractivity contribution in [3.8, 4) is 0 Å². The highest BCUT2D eigenvalue weighted by Crippen LogP contribution is 2.27. The molecule has 0 heterocycles. The van der Waals surface area contributed by atoms with Crippen LogP contribution < -0.4 is 0 Å². The Kier molecular flexibility index (Phi) is 9.11. The molecule has 1 rings (SSSR count). The molecule has 0 aromatic carbocycles. The summed E-state index contributed by atoms with van der Waals surface area (Å²) < 4.78 is 5.58. The number of hydrogen-bond acceptors (Lipinski definition) is 3. The van der Waals surface area contributed by atoms with Crippen LogP contribution in [-0.2, 0) is 14.3 Å². The quantitative estimate of drug-likeness (QED) is 0.543. The van der Waals surface area contributed by atoms with Gasteiger partial charge < -0.3 is 9.84 Å². The van der Waals surface area contributed by atoms with Crippen LogP contribution in [0.2, 0.25) is 0 Å². The largest absolute Gasteiger partial charge is 0.478 e. The van der Waals surface area contributed by atoms with Gasteiger partial charge in [-0.15, -0.1) is 0 Å². The van der Waals surface area contributed by atoms with E-state index in [1.807, 2.05) is 26.0 Å². The maximum absolute atomic E-state index is 11.6. The van der Waals surface area contributed by atoms with E-state index in [0.29, 0.717) is 18.4 Å². The van der Waals surface area contributed by atoms with Gasteiger partial charge in [0.25, 0.3) is 0 Å². The number of ether oxygens (including phenoxy) is 1. The predicted molar refractivity (Wildman–Crippen MR) is 105 cm³/mol. The molecule has 0 aliphatic heterocycles. The number of carboxylic acids is 1. The van der Waals surface area contributed by atoms with Gasteiger partial charge in [-0.05, 0) is 65.4 Å². The van der Waals surface area contributed by atoms with Gasteiger partial charge in [0.05, 0.1) is 0 Å². The van der Waals surface area contributed by atoms with Gasteiger partial charge in [-0.1, -0.05) is 35.5 Å². The highest BCUT2D eigenvalue weighted by atomic mass is 16.5. The molecule has 0 saturated carbocycles. The fourth-order valence-corrected chi connectivity index (χ4v) is 3.21. The lowest BCUT2D eigenvalue weighted by Gasteiger charge is -2.26. The summed E-state index contributed by atoms with van der Waals surface area (Å²) in [6, 6.07) is 0. The molecule has 2 unspecified atom stereocenters. The van der Waals surface area contributed by atoms with Crippen LogP contribution in [0.4, 0.5) is 0 Å². The van der Waals surface area contributed by atoms with E-state index in [4.69, 9.17) is 4.74 Å². The first kappa shape index (κ1) is 21.9. The molecular formula is C22H32O4. The van der Waals surface area contributed by atoms with Gasteiger partial charge >= 0.3 is 11.9 Å². The summed E-state index contributed by atoms with van der Waals surface area (Å²) in [5.74, 6) is -1.07. The number of esters is 1. The Hall–Kier alpha value is -2.10. The minimum Gasteiger partial charge on any atom is -0.478 e. The molecule has 0 amide bonds. The van der Waals surface area contributed by atoms with Gasteiger partial charge in [-0.25, -0.2) is 4.79 Å². The van der Waals surface area contributed by atoms with Crippen molar-refractivity contribution in [1.29, 1.82) is 0 Å². The fraction of sp³-hybridized carbons (Fsp3) is 0.545. The lowest BCUT2D eigenvalue weighted by molar-refractivity contribution is -0.145. The number of carbonyl (C=O) groups is 2. The number of carbonyl (C=O) groups excluding carboxylic acids is 1. The zero-order chi connectivity index (χ0) is 19.7. The topological polar surface area (TPSA) is 63.6 Å². The first-order valence-corrected chi connectivity index (χ1v) is 9.28. The molecule has 0 bridgehead atoms. The van der Waals surface area contributed by atoms with E-state index in [9.17, 15) is 14.7 Å². The molecule has 144 valence electrons. The van der Waals surface area contributed by atoms with Crippen molar-refractivity contribution in [2.45, 2.75) is 72.3 Å². The number of hydrogen-bond donors (Lipinski definition) is 1. The van der Waals surface area contributed by atoms with E-state index in [1.54, 1.807) is 0 Å². The summed E-state index contributed by atoms with van der Waals surface area (Å²) >= 11 is 0. The average molecular weight is 360 g/mol. The van der Waals surface area contributed by atoms with E-state index >= 15 is 0 Å². The summed E-state index contributed by atoms with van der Waals surface area (Å²) in [7, 11) is 0. The number of rotatable bonds is 3. The van der Waals surface area contributed by atoms with Gasteiger partial charge in [-0.3, -0.25) is 4.79 Å². The standard InChI is InChI=1S/C22H32O4/c1-15(2)20-13-12-16(3)8-6-10-19(22(24)25)11-7-9-17(4)14-21(20)26-18(5)23/h8,11,14,20-21H,1,6-7,9-10,12-13H2,2-5H3,(H,24,25). The highest BCUT2D eigenvalue weighted by molar-refractivity contribution is 5.86. The average Bonchev–Trinajstić information content (AvgIpc) is 2.51. The first-order chi connectivity index (χ1) is 12.2. The van der Waals surface area contributed by atoms with Crippen LogP contribution in [-0.4, -0.2) is 23.1 Å². The van der Waals surface area contributed by atoms with Crippen molar-refractivity contribution in [3.05, 3.63) is 47.1 Å². The van der Waals surface area contributed by atoms with Crippen LogP contribution in [0.5, 0.6) is 0 Å². The molecule has 26 heavy (non-hydrogen) atoms. The van der Waals surface area contributed by atoms with Crippen molar-refractivity contribution in [2.75, 3.05) is 0 Å². The maximum atomic E-state index is 11.6. The third kappa shape index (κ3) is 7.85. The molecule has 0 saturated heterocycles. The molecule has 0 aromatic rings. The van der Waals surface area contributed by atoms with Crippen molar-refractivity contribution in [3.63, 3.8) is 0 Å². The molecule has 0 fully saturated rings. The van der Waals surface area contributed by atoms with E-state index in [2.05, 4.69) is 19.6 Å². The van der Waals surface area contributed by atoms with E-state index in [-0.39, 0.29) is 18.0 Å². The molecular weight excluding hydrogens is 328 g/mol. The first-order valence-electron chi connectivity index (χ1n) is 9.28. The van der Waals surface area contributed by atoms with Gasteiger partial charge in [0.15, 0.2) is 0 Å². The Balaban J connectivity index is 3.15. The normalized spacial score (nSPS) is 23.0. The van der Waals surface area contributed by atoms with Gasteiger partial charge in [0, 0.05) is 18.4 Å². The van der Waals surface area contributed by atoms with Crippen LogP contribution in [0, 0.1) is 5.92 Å². The van der Waals surface area contributed by atoms with Gasteiger partial charge in [0.1, 0.15) is 6.10 Å². The molecule has 4 nitrogen and oxygen atoms in total. The van der Waals surface area contributed by atoms with E-state index < -0.39 is 5.97 Å².